The average Bonchev–Trinajstić information content (AvgIpc) is 2.67. The summed E-state index contributed by atoms with van der Waals surface area (Å²) in [6.07, 6.45) is 6.62. The number of imidazole rings is 1. The maximum atomic E-state index is 5.96. The molecule has 0 atom stereocenters. The van der Waals surface area contributed by atoms with Crippen LogP contribution in [0.1, 0.15) is 18.9 Å². The van der Waals surface area contributed by atoms with E-state index in [1.165, 1.54) is 0 Å². The van der Waals surface area contributed by atoms with Gasteiger partial charge in [-0.3, -0.25) is 4.98 Å². The number of nitrogens with two attached hydrogens (primary N) is 1. The maximum absolute atomic E-state index is 5.96. The van der Waals surface area contributed by atoms with Crippen LogP contribution in [-0.2, 0) is 6.54 Å². The summed E-state index contributed by atoms with van der Waals surface area (Å²) in [5, 5.41) is 0. The minimum absolute atomic E-state index is 0.684. The monoisotopic (exact) mass is 216 g/mol. The van der Waals surface area contributed by atoms with Crippen molar-refractivity contribution in [2.75, 3.05) is 5.73 Å². The van der Waals surface area contributed by atoms with Gasteiger partial charge in [-0.25, -0.2) is 4.98 Å². The first-order valence-corrected chi connectivity index (χ1v) is 5.46. The molecule has 4 nitrogen and oxygen atoms in total. The Hall–Kier alpha value is -1.84. The number of nitrogens with zero attached hydrogens (tertiary/aromatic N) is 3. The molecule has 0 aromatic carbocycles. The van der Waals surface area contributed by atoms with Crippen molar-refractivity contribution in [2.45, 2.75) is 26.8 Å². The third-order valence-electron chi connectivity index (χ3n) is 2.45. The minimum Gasteiger partial charge on any atom is -0.397 e. The highest BCUT2D eigenvalue weighted by molar-refractivity contribution is 5.67. The van der Waals surface area contributed by atoms with E-state index in [0.717, 1.165) is 30.0 Å². The van der Waals surface area contributed by atoms with E-state index in [1.54, 1.807) is 6.20 Å². The summed E-state index contributed by atoms with van der Waals surface area (Å²) in [7, 11) is 0. The van der Waals surface area contributed by atoms with Crippen molar-refractivity contribution in [3.63, 3.8) is 0 Å². The number of hydrogen-bond donors (Lipinski definition) is 1. The van der Waals surface area contributed by atoms with Gasteiger partial charge in [0.05, 0.1) is 5.69 Å². The van der Waals surface area contributed by atoms with Crippen LogP contribution in [-0.4, -0.2) is 14.5 Å². The lowest BCUT2D eigenvalue weighted by Crippen LogP contribution is -2.02. The lowest BCUT2D eigenvalue weighted by molar-refractivity contribution is 0.684. The standard InChI is InChI=1S/C12H16N4/c1-3-5-16-6-4-14-12(16)11-10(13)7-9(2)8-15-11/h4,6-8H,3,5,13H2,1-2H3. The third kappa shape index (κ3) is 1.91. The minimum atomic E-state index is 0.684. The van der Waals surface area contributed by atoms with Gasteiger partial charge in [0.1, 0.15) is 5.69 Å². The van der Waals surface area contributed by atoms with Crippen LogP contribution >= 0.6 is 0 Å². The number of rotatable bonds is 3. The predicted molar refractivity (Wildman–Crippen MR) is 64.9 cm³/mol. The zero-order chi connectivity index (χ0) is 11.5. The van der Waals surface area contributed by atoms with Gasteiger partial charge < -0.3 is 10.3 Å². The molecule has 0 saturated heterocycles. The van der Waals surface area contributed by atoms with E-state index in [1.807, 2.05) is 25.4 Å². The van der Waals surface area contributed by atoms with Gasteiger partial charge in [0.15, 0.2) is 5.82 Å². The van der Waals surface area contributed by atoms with Gasteiger partial charge in [0.25, 0.3) is 0 Å². The molecule has 16 heavy (non-hydrogen) atoms. The molecule has 0 spiro atoms. The van der Waals surface area contributed by atoms with E-state index in [0.29, 0.717) is 5.69 Å². The fourth-order valence-corrected chi connectivity index (χ4v) is 1.73. The van der Waals surface area contributed by atoms with E-state index in [-0.39, 0.29) is 0 Å². The van der Waals surface area contributed by atoms with E-state index < -0.39 is 0 Å². The third-order valence-corrected chi connectivity index (χ3v) is 2.45. The van der Waals surface area contributed by atoms with Crippen LogP contribution in [0.3, 0.4) is 0 Å². The van der Waals surface area contributed by atoms with Gasteiger partial charge in [-0.15, -0.1) is 0 Å². The summed E-state index contributed by atoms with van der Waals surface area (Å²) in [6.45, 7) is 5.05. The Morgan fingerprint density at radius 2 is 2.19 bits per heavy atom. The Balaban J connectivity index is 2.46. The van der Waals surface area contributed by atoms with E-state index in [4.69, 9.17) is 5.73 Å². The molecule has 4 heteroatoms. The highest BCUT2D eigenvalue weighted by Crippen LogP contribution is 2.22. The molecule has 0 aliphatic heterocycles. The largest absolute Gasteiger partial charge is 0.397 e. The number of aryl methyl sites for hydroxylation is 2. The molecule has 0 unspecified atom stereocenters. The fourth-order valence-electron chi connectivity index (χ4n) is 1.73. The topological polar surface area (TPSA) is 56.7 Å². The van der Waals surface area contributed by atoms with Crippen LogP contribution < -0.4 is 5.73 Å². The highest BCUT2D eigenvalue weighted by atomic mass is 15.1. The Labute approximate surface area is 95.1 Å². The van der Waals surface area contributed by atoms with Crippen LogP contribution in [0, 0.1) is 6.92 Å². The molecule has 0 saturated carbocycles. The summed E-state index contributed by atoms with van der Waals surface area (Å²) < 4.78 is 2.08. The molecule has 0 bridgehead atoms. The van der Waals surface area contributed by atoms with Crippen LogP contribution in [0.5, 0.6) is 0 Å². The smallest absolute Gasteiger partial charge is 0.160 e. The van der Waals surface area contributed by atoms with Crippen molar-refractivity contribution < 1.29 is 0 Å². The van der Waals surface area contributed by atoms with Crippen LogP contribution in [0.2, 0.25) is 0 Å². The van der Waals surface area contributed by atoms with Gasteiger partial charge in [-0.2, -0.15) is 0 Å². The first-order valence-electron chi connectivity index (χ1n) is 5.46. The van der Waals surface area contributed by atoms with Crippen molar-refractivity contribution in [1.29, 1.82) is 0 Å². The van der Waals surface area contributed by atoms with Gasteiger partial charge >= 0.3 is 0 Å². The first kappa shape index (κ1) is 10.7. The van der Waals surface area contributed by atoms with Crippen LogP contribution in [0.25, 0.3) is 11.5 Å². The molecule has 0 aliphatic carbocycles. The summed E-state index contributed by atoms with van der Waals surface area (Å²) in [4.78, 5) is 8.67. The predicted octanol–water partition coefficient (Wildman–Crippen LogP) is 2.25. The van der Waals surface area contributed by atoms with E-state index >= 15 is 0 Å². The SMILES string of the molecule is CCCn1ccnc1-c1ncc(C)cc1N. The van der Waals surface area contributed by atoms with Gasteiger partial charge in [0, 0.05) is 25.1 Å². The van der Waals surface area contributed by atoms with Crippen LogP contribution in [0.15, 0.2) is 24.7 Å². The average molecular weight is 216 g/mol. The molecule has 0 amide bonds. The second kappa shape index (κ2) is 4.35. The lowest BCUT2D eigenvalue weighted by atomic mass is 10.2. The molecule has 0 aliphatic rings. The van der Waals surface area contributed by atoms with Gasteiger partial charge in [0.2, 0.25) is 0 Å². The Morgan fingerprint density at radius 1 is 1.38 bits per heavy atom. The Morgan fingerprint density at radius 3 is 2.88 bits per heavy atom. The number of aromatic nitrogens is 3. The fraction of sp³-hybridized carbons (Fsp3) is 0.333. The van der Waals surface area contributed by atoms with E-state index in [9.17, 15) is 0 Å². The summed E-state index contributed by atoms with van der Waals surface area (Å²) in [6, 6.07) is 1.92. The molecule has 2 aromatic heterocycles. The molecule has 2 aromatic rings. The maximum Gasteiger partial charge on any atom is 0.160 e. The summed E-state index contributed by atoms with van der Waals surface area (Å²) >= 11 is 0. The molecular formula is C12H16N4. The highest BCUT2D eigenvalue weighted by Gasteiger charge is 2.10. The van der Waals surface area contributed by atoms with E-state index in [2.05, 4.69) is 21.5 Å². The van der Waals surface area contributed by atoms with Gasteiger partial charge in [-0.1, -0.05) is 6.92 Å². The molecule has 2 rings (SSSR count). The first-order chi connectivity index (χ1) is 7.72. The molecule has 0 radical (unpaired) electrons. The molecule has 84 valence electrons. The van der Waals surface area contributed by atoms with Crippen molar-refractivity contribution in [3.8, 4) is 11.5 Å². The molecule has 0 fully saturated rings. The second-order valence-electron chi connectivity index (χ2n) is 3.89. The van der Waals surface area contributed by atoms with Crippen molar-refractivity contribution in [3.05, 3.63) is 30.2 Å². The molecule has 2 N–H and O–H groups in total. The quantitative estimate of drug-likeness (QED) is 0.856. The molecular weight excluding hydrogens is 200 g/mol. The molecule has 2 heterocycles. The second-order valence-corrected chi connectivity index (χ2v) is 3.89. The number of pyridine rings is 1. The lowest BCUT2D eigenvalue weighted by Gasteiger charge is -2.08. The van der Waals surface area contributed by atoms with Crippen molar-refractivity contribution >= 4 is 5.69 Å². The zero-order valence-corrected chi connectivity index (χ0v) is 9.64. The summed E-state index contributed by atoms with van der Waals surface area (Å²) in [5.74, 6) is 0.847. The van der Waals surface area contributed by atoms with Crippen molar-refractivity contribution in [1.82, 2.24) is 14.5 Å². The number of hydrogen-bond acceptors (Lipinski definition) is 3. The van der Waals surface area contributed by atoms with Gasteiger partial charge in [-0.05, 0) is 25.0 Å². The Bertz CT molecular complexity index is 488. The summed E-state index contributed by atoms with van der Waals surface area (Å²) in [5.41, 5.74) is 8.48. The van der Waals surface area contributed by atoms with Crippen molar-refractivity contribution in [2.24, 2.45) is 0 Å². The van der Waals surface area contributed by atoms with Crippen LogP contribution in [0.4, 0.5) is 5.69 Å². The Kier molecular flexibility index (Phi) is 2.90. The normalized spacial score (nSPS) is 10.6. The number of nitrogen functional groups attached to an aromatic ring is 1. The number of anilines is 1. The zero-order valence-electron chi connectivity index (χ0n) is 9.64.